The standard InChI is InChI=1S/C16H22N4O2/c1-22-12-11-19-7-4-8-20(10-9-19)16(21)15-13-5-2-3-6-14(13)17-18-15/h2-3,5-6H,4,7-12H2,1H3,(H,17,18). The van der Waals surface area contributed by atoms with Crippen LogP contribution in [-0.4, -0.2) is 72.3 Å². The molecule has 0 spiro atoms. The van der Waals surface area contributed by atoms with Gasteiger partial charge in [0.1, 0.15) is 0 Å². The van der Waals surface area contributed by atoms with Gasteiger partial charge in [-0.15, -0.1) is 0 Å². The number of hydrogen-bond donors (Lipinski definition) is 1. The van der Waals surface area contributed by atoms with Gasteiger partial charge in [-0.3, -0.25) is 14.8 Å². The number of para-hydroxylation sites is 1. The Morgan fingerprint density at radius 2 is 2.14 bits per heavy atom. The maximum atomic E-state index is 12.7. The molecule has 2 aromatic rings. The molecule has 2 heterocycles. The Kier molecular flexibility index (Phi) is 4.70. The first-order valence-electron chi connectivity index (χ1n) is 7.73. The van der Waals surface area contributed by atoms with Gasteiger partial charge >= 0.3 is 0 Å². The van der Waals surface area contributed by atoms with Crippen LogP contribution < -0.4 is 0 Å². The second-order valence-corrected chi connectivity index (χ2v) is 5.60. The SMILES string of the molecule is COCCN1CCCN(C(=O)c2n[nH]c3ccccc23)CC1. The van der Waals surface area contributed by atoms with Crippen molar-refractivity contribution < 1.29 is 9.53 Å². The summed E-state index contributed by atoms with van der Waals surface area (Å²) in [5.41, 5.74) is 1.43. The van der Waals surface area contributed by atoms with Gasteiger partial charge in [0.2, 0.25) is 0 Å². The van der Waals surface area contributed by atoms with Crippen LogP contribution in [0, 0.1) is 0 Å². The number of nitrogens with one attached hydrogen (secondary N) is 1. The monoisotopic (exact) mass is 302 g/mol. The zero-order valence-corrected chi connectivity index (χ0v) is 12.9. The highest BCUT2D eigenvalue weighted by molar-refractivity contribution is 6.04. The average molecular weight is 302 g/mol. The van der Waals surface area contributed by atoms with E-state index in [-0.39, 0.29) is 5.91 Å². The van der Waals surface area contributed by atoms with Gasteiger partial charge in [-0.05, 0) is 19.0 Å². The van der Waals surface area contributed by atoms with Crippen molar-refractivity contribution in [2.45, 2.75) is 6.42 Å². The fraction of sp³-hybridized carbons (Fsp3) is 0.500. The van der Waals surface area contributed by atoms with Crippen LogP contribution in [-0.2, 0) is 4.74 Å². The molecule has 1 saturated heterocycles. The number of aromatic amines is 1. The maximum Gasteiger partial charge on any atom is 0.275 e. The van der Waals surface area contributed by atoms with Gasteiger partial charge in [-0.1, -0.05) is 18.2 Å². The molecule has 0 aliphatic carbocycles. The second kappa shape index (κ2) is 6.89. The van der Waals surface area contributed by atoms with Gasteiger partial charge in [0, 0.05) is 38.7 Å². The van der Waals surface area contributed by atoms with E-state index in [2.05, 4.69) is 15.1 Å². The summed E-state index contributed by atoms with van der Waals surface area (Å²) in [6.45, 7) is 5.07. The fourth-order valence-electron chi connectivity index (χ4n) is 2.89. The van der Waals surface area contributed by atoms with Crippen molar-refractivity contribution >= 4 is 16.8 Å². The zero-order valence-electron chi connectivity index (χ0n) is 12.9. The Hall–Kier alpha value is -1.92. The number of methoxy groups -OCH3 is 1. The van der Waals surface area contributed by atoms with Crippen LogP contribution in [0.2, 0.25) is 0 Å². The van der Waals surface area contributed by atoms with E-state index in [1.165, 1.54) is 0 Å². The Labute approximate surface area is 130 Å². The van der Waals surface area contributed by atoms with Crippen LogP contribution in [0.4, 0.5) is 0 Å². The van der Waals surface area contributed by atoms with Gasteiger partial charge in [0.15, 0.2) is 5.69 Å². The summed E-state index contributed by atoms with van der Waals surface area (Å²) in [4.78, 5) is 17.0. The van der Waals surface area contributed by atoms with E-state index in [4.69, 9.17) is 4.74 Å². The third-order valence-electron chi connectivity index (χ3n) is 4.16. The Bertz CT molecular complexity index is 640. The number of fused-ring (bicyclic) bond motifs is 1. The molecule has 1 fully saturated rings. The van der Waals surface area contributed by atoms with Crippen molar-refractivity contribution in [1.82, 2.24) is 20.0 Å². The molecule has 1 aliphatic rings. The number of aromatic nitrogens is 2. The van der Waals surface area contributed by atoms with Gasteiger partial charge in [-0.2, -0.15) is 5.10 Å². The third-order valence-corrected chi connectivity index (χ3v) is 4.16. The summed E-state index contributed by atoms with van der Waals surface area (Å²) in [6.07, 6.45) is 0.984. The molecule has 0 saturated carbocycles. The molecule has 0 radical (unpaired) electrons. The predicted octanol–water partition coefficient (Wildman–Crippen LogP) is 1.36. The minimum atomic E-state index is 0.0195. The van der Waals surface area contributed by atoms with Crippen LogP contribution in [0.3, 0.4) is 0 Å². The summed E-state index contributed by atoms with van der Waals surface area (Å²) in [5.74, 6) is 0.0195. The van der Waals surface area contributed by atoms with Crippen molar-refractivity contribution in [2.75, 3.05) is 46.4 Å². The quantitative estimate of drug-likeness (QED) is 0.926. The first kappa shape index (κ1) is 15.0. The maximum absolute atomic E-state index is 12.7. The summed E-state index contributed by atoms with van der Waals surface area (Å²) in [7, 11) is 1.72. The van der Waals surface area contributed by atoms with Crippen molar-refractivity contribution in [1.29, 1.82) is 0 Å². The molecule has 1 aromatic heterocycles. The van der Waals surface area contributed by atoms with Gasteiger partial charge in [0.05, 0.1) is 12.1 Å². The number of carbonyl (C=O) groups excluding carboxylic acids is 1. The van der Waals surface area contributed by atoms with E-state index < -0.39 is 0 Å². The Morgan fingerprint density at radius 3 is 3.00 bits per heavy atom. The van der Waals surface area contributed by atoms with Gasteiger partial charge in [-0.25, -0.2) is 0 Å². The molecule has 22 heavy (non-hydrogen) atoms. The summed E-state index contributed by atoms with van der Waals surface area (Å²) in [6, 6.07) is 7.75. The molecule has 6 heteroatoms. The molecule has 3 rings (SSSR count). The van der Waals surface area contributed by atoms with E-state index in [1.54, 1.807) is 7.11 Å². The van der Waals surface area contributed by atoms with Crippen LogP contribution in [0.15, 0.2) is 24.3 Å². The first-order valence-corrected chi connectivity index (χ1v) is 7.73. The number of benzene rings is 1. The van der Waals surface area contributed by atoms with E-state index in [0.29, 0.717) is 5.69 Å². The average Bonchev–Trinajstić information content (AvgIpc) is 2.83. The van der Waals surface area contributed by atoms with Crippen molar-refractivity contribution in [2.24, 2.45) is 0 Å². The van der Waals surface area contributed by atoms with Crippen molar-refractivity contribution in [3.05, 3.63) is 30.0 Å². The van der Waals surface area contributed by atoms with E-state index >= 15 is 0 Å². The lowest BCUT2D eigenvalue weighted by Gasteiger charge is -2.21. The number of ether oxygens (including phenoxy) is 1. The molecule has 1 N–H and O–H groups in total. The molecular formula is C16H22N4O2. The summed E-state index contributed by atoms with van der Waals surface area (Å²) >= 11 is 0. The van der Waals surface area contributed by atoms with Crippen molar-refractivity contribution in [3.8, 4) is 0 Å². The smallest absolute Gasteiger partial charge is 0.275 e. The number of hydrogen-bond acceptors (Lipinski definition) is 4. The number of amides is 1. The molecular weight excluding hydrogens is 280 g/mol. The normalized spacial score (nSPS) is 16.9. The Morgan fingerprint density at radius 1 is 1.27 bits per heavy atom. The highest BCUT2D eigenvalue weighted by Crippen LogP contribution is 2.17. The zero-order chi connectivity index (χ0) is 15.4. The highest BCUT2D eigenvalue weighted by atomic mass is 16.5. The van der Waals surface area contributed by atoms with E-state index in [9.17, 15) is 4.79 Å². The number of H-pyrrole nitrogens is 1. The molecule has 0 bridgehead atoms. The molecule has 1 amide bonds. The minimum absolute atomic E-state index is 0.0195. The summed E-state index contributed by atoms with van der Waals surface area (Å²) in [5, 5.41) is 8.05. The highest BCUT2D eigenvalue weighted by Gasteiger charge is 2.23. The number of rotatable bonds is 4. The van der Waals surface area contributed by atoms with Crippen LogP contribution >= 0.6 is 0 Å². The predicted molar refractivity (Wildman–Crippen MR) is 84.9 cm³/mol. The molecule has 118 valence electrons. The molecule has 6 nitrogen and oxygen atoms in total. The summed E-state index contributed by atoms with van der Waals surface area (Å²) < 4.78 is 5.13. The Balaban J connectivity index is 1.70. The van der Waals surface area contributed by atoms with Crippen LogP contribution in [0.1, 0.15) is 16.9 Å². The van der Waals surface area contributed by atoms with Gasteiger partial charge in [0.25, 0.3) is 5.91 Å². The molecule has 0 unspecified atom stereocenters. The topological polar surface area (TPSA) is 61.5 Å². The first-order chi connectivity index (χ1) is 10.8. The third kappa shape index (κ3) is 3.13. The largest absolute Gasteiger partial charge is 0.383 e. The van der Waals surface area contributed by atoms with Crippen LogP contribution in [0.25, 0.3) is 10.9 Å². The lowest BCUT2D eigenvalue weighted by Crippen LogP contribution is -2.36. The van der Waals surface area contributed by atoms with E-state index in [0.717, 1.165) is 56.7 Å². The lowest BCUT2D eigenvalue weighted by atomic mass is 10.2. The molecule has 0 atom stereocenters. The second-order valence-electron chi connectivity index (χ2n) is 5.60. The molecule has 1 aromatic carbocycles. The molecule has 1 aliphatic heterocycles. The van der Waals surface area contributed by atoms with Crippen LogP contribution in [0.5, 0.6) is 0 Å². The fourth-order valence-corrected chi connectivity index (χ4v) is 2.89. The van der Waals surface area contributed by atoms with E-state index in [1.807, 2.05) is 29.2 Å². The number of carbonyl (C=O) groups is 1. The minimum Gasteiger partial charge on any atom is -0.383 e. The number of nitrogens with zero attached hydrogens (tertiary/aromatic N) is 3. The van der Waals surface area contributed by atoms with Gasteiger partial charge < -0.3 is 9.64 Å². The lowest BCUT2D eigenvalue weighted by molar-refractivity contribution is 0.0755. The van der Waals surface area contributed by atoms with Crippen molar-refractivity contribution in [3.63, 3.8) is 0 Å².